The van der Waals surface area contributed by atoms with Crippen LogP contribution in [-0.4, -0.2) is 18.5 Å². The number of hydrogen-bond acceptors (Lipinski definition) is 3. The Morgan fingerprint density at radius 1 is 1.59 bits per heavy atom. The van der Waals surface area contributed by atoms with Crippen LogP contribution < -0.4 is 0 Å². The molecule has 0 aromatic rings. The Morgan fingerprint density at radius 3 is 2.88 bits per heavy atom. The summed E-state index contributed by atoms with van der Waals surface area (Å²) >= 11 is 0. The lowest BCUT2D eigenvalue weighted by atomic mass is 9.58. The average Bonchev–Trinajstić information content (AvgIpc) is 2.34. The van der Waals surface area contributed by atoms with Crippen molar-refractivity contribution < 1.29 is 9.53 Å². The maximum absolute atomic E-state index is 12.2. The van der Waals surface area contributed by atoms with Gasteiger partial charge < -0.3 is 4.74 Å². The summed E-state index contributed by atoms with van der Waals surface area (Å²) in [5.41, 5.74) is -0.393. The molecule has 1 heterocycles. The zero-order valence-electron chi connectivity index (χ0n) is 10.7. The molecule has 2 aliphatic rings. The Kier molecular flexibility index (Phi) is 2.87. The van der Waals surface area contributed by atoms with Gasteiger partial charge in [0.1, 0.15) is 6.07 Å². The van der Waals surface area contributed by atoms with Gasteiger partial charge in [0.25, 0.3) is 0 Å². The first-order chi connectivity index (χ1) is 7.98. The summed E-state index contributed by atoms with van der Waals surface area (Å²) in [4.78, 5) is 12.2. The molecular formula is C14H19NO2. The van der Waals surface area contributed by atoms with Crippen LogP contribution in [0.1, 0.15) is 40.0 Å². The molecular weight excluding hydrogens is 214 g/mol. The highest BCUT2D eigenvalue weighted by atomic mass is 16.5. The summed E-state index contributed by atoms with van der Waals surface area (Å²) in [5, 5.41) is 9.11. The van der Waals surface area contributed by atoms with Crippen molar-refractivity contribution in [3.05, 3.63) is 11.6 Å². The molecule has 1 saturated heterocycles. The third-order valence-corrected chi connectivity index (χ3v) is 4.29. The van der Waals surface area contributed by atoms with Crippen LogP contribution in [0.2, 0.25) is 0 Å². The lowest BCUT2D eigenvalue weighted by Crippen LogP contribution is -2.55. The standard InChI is InChI=1S/C14H19NO2/c1-4-14-6-5-7-17-12(14)13(2,3)11(16)10(8-14)9-15/h8,12H,4-7H2,1-3H3/t12-,14-/m0/s1. The Bertz CT molecular complexity index is 416. The Balaban J connectivity index is 2.56. The minimum absolute atomic E-state index is 0.0732. The second-order valence-electron chi connectivity index (χ2n) is 5.66. The number of carbonyl (C=O) groups excluding carboxylic acids is 1. The van der Waals surface area contributed by atoms with Gasteiger partial charge in [0.15, 0.2) is 5.78 Å². The smallest absolute Gasteiger partial charge is 0.181 e. The molecule has 3 heteroatoms. The maximum Gasteiger partial charge on any atom is 0.181 e. The maximum atomic E-state index is 12.2. The number of rotatable bonds is 1. The first-order valence-corrected chi connectivity index (χ1v) is 6.27. The SMILES string of the molecule is CC[C@]12C=C(C#N)C(=O)C(C)(C)[C@@H]1OCCC2. The van der Waals surface area contributed by atoms with E-state index in [1.54, 1.807) is 0 Å². The Labute approximate surface area is 102 Å². The van der Waals surface area contributed by atoms with E-state index >= 15 is 0 Å². The minimum Gasteiger partial charge on any atom is -0.376 e. The molecule has 0 N–H and O–H groups in total. The number of carbonyl (C=O) groups is 1. The van der Waals surface area contributed by atoms with Crippen LogP contribution in [0.15, 0.2) is 11.6 Å². The monoisotopic (exact) mass is 233 g/mol. The van der Waals surface area contributed by atoms with Crippen LogP contribution in [-0.2, 0) is 9.53 Å². The third kappa shape index (κ3) is 1.63. The van der Waals surface area contributed by atoms with Gasteiger partial charge in [0, 0.05) is 12.0 Å². The molecule has 0 radical (unpaired) electrons. The molecule has 0 unspecified atom stereocenters. The van der Waals surface area contributed by atoms with Crippen LogP contribution in [0.25, 0.3) is 0 Å². The topological polar surface area (TPSA) is 50.1 Å². The van der Waals surface area contributed by atoms with E-state index in [4.69, 9.17) is 10.00 Å². The fraction of sp³-hybridized carbons (Fsp3) is 0.714. The van der Waals surface area contributed by atoms with Crippen LogP contribution in [0.3, 0.4) is 0 Å². The molecule has 1 aliphatic heterocycles. The molecule has 0 aromatic heterocycles. The average molecular weight is 233 g/mol. The van der Waals surface area contributed by atoms with Crippen molar-refractivity contribution >= 4 is 5.78 Å². The summed E-state index contributed by atoms with van der Waals surface area (Å²) in [6.07, 6.45) is 4.72. The summed E-state index contributed by atoms with van der Waals surface area (Å²) in [5.74, 6) is -0.0732. The predicted octanol–water partition coefficient (Wildman–Crippen LogP) is 2.62. The molecule has 2 rings (SSSR count). The largest absolute Gasteiger partial charge is 0.376 e. The highest BCUT2D eigenvalue weighted by molar-refractivity contribution is 6.04. The van der Waals surface area contributed by atoms with Crippen molar-refractivity contribution in [1.29, 1.82) is 5.26 Å². The number of allylic oxidation sites excluding steroid dienone is 1. The molecule has 0 aromatic carbocycles. The molecule has 2 atom stereocenters. The third-order valence-electron chi connectivity index (χ3n) is 4.29. The highest BCUT2D eigenvalue weighted by Crippen LogP contribution is 2.51. The normalized spacial score (nSPS) is 35.8. The van der Waals surface area contributed by atoms with E-state index in [1.807, 2.05) is 19.9 Å². The summed E-state index contributed by atoms with van der Waals surface area (Å²) < 4.78 is 5.88. The van der Waals surface area contributed by atoms with Crippen LogP contribution in [0, 0.1) is 22.2 Å². The fourth-order valence-electron chi connectivity index (χ4n) is 3.34. The lowest BCUT2D eigenvalue weighted by Gasteiger charge is -2.51. The summed E-state index contributed by atoms with van der Waals surface area (Å²) in [6, 6.07) is 2.06. The van der Waals surface area contributed by atoms with E-state index < -0.39 is 5.41 Å². The van der Waals surface area contributed by atoms with E-state index in [0.29, 0.717) is 5.57 Å². The highest BCUT2D eigenvalue weighted by Gasteiger charge is 2.54. The molecule has 1 aliphatic carbocycles. The van der Waals surface area contributed by atoms with Crippen molar-refractivity contribution in [3.8, 4) is 6.07 Å². The van der Waals surface area contributed by atoms with Crippen molar-refractivity contribution in [1.82, 2.24) is 0 Å². The van der Waals surface area contributed by atoms with E-state index in [-0.39, 0.29) is 17.3 Å². The number of hydrogen-bond donors (Lipinski definition) is 0. The van der Waals surface area contributed by atoms with Crippen molar-refractivity contribution in [3.63, 3.8) is 0 Å². The van der Waals surface area contributed by atoms with Gasteiger partial charge in [-0.2, -0.15) is 5.26 Å². The van der Waals surface area contributed by atoms with Gasteiger partial charge in [-0.1, -0.05) is 13.0 Å². The molecule has 0 spiro atoms. The number of fused-ring (bicyclic) bond motifs is 1. The zero-order chi connectivity index (χ0) is 12.7. The number of ketones is 1. The van der Waals surface area contributed by atoms with E-state index in [0.717, 1.165) is 25.9 Å². The van der Waals surface area contributed by atoms with Crippen LogP contribution in [0.4, 0.5) is 0 Å². The van der Waals surface area contributed by atoms with Crippen molar-refractivity contribution in [2.24, 2.45) is 10.8 Å². The van der Waals surface area contributed by atoms with Crippen LogP contribution >= 0.6 is 0 Å². The minimum atomic E-state index is -0.587. The van der Waals surface area contributed by atoms with Gasteiger partial charge in [0.05, 0.1) is 17.1 Å². The quantitative estimate of drug-likeness (QED) is 0.699. The summed E-state index contributed by atoms with van der Waals surface area (Å²) in [7, 11) is 0. The zero-order valence-corrected chi connectivity index (χ0v) is 10.7. The molecule has 0 amide bonds. The second-order valence-corrected chi connectivity index (χ2v) is 5.66. The van der Waals surface area contributed by atoms with Gasteiger partial charge in [-0.25, -0.2) is 0 Å². The number of nitrogens with zero attached hydrogens (tertiary/aromatic N) is 1. The molecule has 0 bridgehead atoms. The van der Waals surface area contributed by atoms with Gasteiger partial charge in [-0.3, -0.25) is 4.79 Å². The second kappa shape index (κ2) is 3.96. The van der Waals surface area contributed by atoms with E-state index in [2.05, 4.69) is 13.0 Å². The van der Waals surface area contributed by atoms with Crippen molar-refractivity contribution in [2.45, 2.75) is 46.1 Å². The predicted molar refractivity (Wildman–Crippen MR) is 64.2 cm³/mol. The lowest BCUT2D eigenvalue weighted by molar-refractivity contribution is -0.155. The van der Waals surface area contributed by atoms with Gasteiger partial charge in [-0.05, 0) is 33.1 Å². The first-order valence-electron chi connectivity index (χ1n) is 6.27. The van der Waals surface area contributed by atoms with E-state index in [9.17, 15) is 4.79 Å². The Hall–Kier alpha value is -1.14. The first kappa shape index (κ1) is 12.3. The van der Waals surface area contributed by atoms with Gasteiger partial charge >= 0.3 is 0 Å². The van der Waals surface area contributed by atoms with Gasteiger partial charge in [0.2, 0.25) is 0 Å². The number of ether oxygens (including phenoxy) is 1. The number of Topliss-reactive ketones (excluding diaryl/α,β-unsaturated/α-hetero) is 1. The number of nitriles is 1. The van der Waals surface area contributed by atoms with Gasteiger partial charge in [-0.15, -0.1) is 0 Å². The molecule has 3 nitrogen and oxygen atoms in total. The molecule has 1 fully saturated rings. The Morgan fingerprint density at radius 2 is 2.29 bits per heavy atom. The van der Waals surface area contributed by atoms with Crippen LogP contribution in [0.5, 0.6) is 0 Å². The van der Waals surface area contributed by atoms with E-state index in [1.165, 1.54) is 0 Å². The molecule has 0 saturated carbocycles. The fourth-order valence-corrected chi connectivity index (χ4v) is 3.34. The molecule has 92 valence electrons. The van der Waals surface area contributed by atoms with Crippen molar-refractivity contribution in [2.75, 3.05) is 6.61 Å². The summed E-state index contributed by atoms with van der Waals surface area (Å²) in [6.45, 7) is 6.64. The molecule has 17 heavy (non-hydrogen) atoms.